The largest absolute Gasteiger partial charge is 0.464 e. The van der Waals surface area contributed by atoms with Crippen molar-refractivity contribution in [2.45, 2.75) is 19.8 Å². The number of carbonyl (C=O) groups is 1. The van der Waals surface area contributed by atoms with Crippen LogP contribution in [0.15, 0.2) is 47.1 Å². The molecule has 1 amide bonds. The molecule has 0 fully saturated rings. The van der Waals surface area contributed by atoms with Gasteiger partial charge in [0, 0.05) is 12.1 Å². The van der Waals surface area contributed by atoms with Crippen LogP contribution in [0.3, 0.4) is 0 Å². The van der Waals surface area contributed by atoms with Crippen molar-refractivity contribution in [3.8, 4) is 11.3 Å². The molecule has 0 bridgehead atoms. The molecule has 2 aromatic rings. The fourth-order valence-corrected chi connectivity index (χ4v) is 1.79. The summed E-state index contributed by atoms with van der Waals surface area (Å²) in [6.45, 7) is 2.77. The van der Waals surface area contributed by atoms with Gasteiger partial charge in [0.1, 0.15) is 5.76 Å². The van der Waals surface area contributed by atoms with Crippen LogP contribution in [-0.2, 0) is 11.2 Å². The number of hydrogen-bond donors (Lipinski definition) is 1. The summed E-state index contributed by atoms with van der Waals surface area (Å²) in [4.78, 5) is 11.6. The van der Waals surface area contributed by atoms with Crippen LogP contribution < -0.4 is 5.32 Å². The number of hydrogen-bond acceptors (Lipinski definition) is 2. The maximum absolute atomic E-state index is 11.6. The summed E-state index contributed by atoms with van der Waals surface area (Å²) in [6.07, 6.45) is 3.02. The second-order valence-corrected chi connectivity index (χ2v) is 4.20. The SMILES string of the molecule is CCCNC(=O)Cc1cccc(-c2ccco2)c1. The van der Waals surface area contributed by atoms with Crippen LogP contribution in [-0.4, -0.2) is 12.5 Å². The first-order valence-electron chi connectivity index (χ1n) is 6.19. The van der Waals surface area contributed by atoms with E-state index in [1.807, 2.05) is 43.3 Å². The molecular weight excluding hydrogens is 226 g/mol. The first-order chi connectivity index (χ1) is 8.79. The molecule has 2 rings (SSSR count). The first-order valence-corrected chi connectivity index (χ1v) is 6.19. The Hall–Kier alpha value is -2.03. The smallest absolute Gasteiger partial charge is 0.224 e. The van der Waals surface area contributed by atoms with Crippen molar-refractivity contribution in [3.63, 3.8) is 0 Å². The Morgan fingerprint density at radius 3 is 2.89 bits per heavy atom. The minimum absolute atomic E-state index is 0.0634. The van der Waals surface area contributed by atoms with E-state index in [1.54, 1.807) is 6.26 Å². The highest BCUT2D eigenvalue weighted by Gasteiger charge is 2.05. The highest BCUT2D eigenvalue weighted by atomic mass is 16.3. The molecule has 1 N–H and O–H groups in total. The van der Waals surface area contributed by atoms with Crippen molar-refractivity contribution in [1.82, 2.24) is 5.32 Å². The third-order valence-corrected chi connectivity index (χ3v) is 2.67. The second kappa shape index (κ2) is 6.05. The summed E-state index contributed by atoms with van der Waals surface area (Å²) < 4.78 is 5.34. The molecule has 0 saturated heterocycles. The summed E-state index contributed by atoms with van der Waals surface area (Å²) in [5, 5.41) is 2.87. The molecule has 0 atom stereocenters. The van der Waals surface area contributed by atoms with Crippen molar-refractivity contribution >= 4 is 5.91 Å². The van der Waals surface area contributed by atoms with Gasteiger partial charge in [-0.05, 0) is 30.2 Å². The molecule has 0 aliphatic carbocycles. The third kappa shape index (κ3) is 3.23. The average molecular weight is 243 g/mol. The minimum atomic E-state index is 0.0634. The molecule has 1 heterocycles. The van der Waals surface area contributed by atoms with Gasteiger partial charge < -0.3 is 9.73 Å². The van der Waals surface area contributed by atoms with Crippen molar-refractivity contribution < 1.29 is 9.21 Å². The highest BCUT2D eigenvalue weighted by Crippen LogP contribution is 2.20. The van der Waals surface area contributed by atoms with E-state index >= 15 is 0 Å². The summed E-state index contributed by atoms with van der Waals surface area (Å²) in [5.41, 5.74) is 2.00. The number of amides is 1. The van der Waals surface area contributed by atoms with Crippen LogP contribution >= 0.6 is 0 Å². The van der Waals surface area contributed by atoms with Crippen molar-refractivity contribution in [2.75, 3.05) is 6.54 Å². The highest BCUT2D eigenvalue weighted by molar-refractivity contribution is 5.79. The molecule has 0 aliphatic heterocycles. The average Bonchev–Trinajstić information content (AvgIpc) is 2.90. The van der Waals surface area contributed by atoms with Gasteiger partial charge in [-0.3, -0.25) is 4.79 Å². The Bertz CT molecular complexity index is 503. The van der Waals surface area contributed by atoms with Crippen molar-refractivity contribution in [2.24, 2.45) is 0 Å². The molecule has 1 aromatic carbocycles. The lowest BCUT2D eigenvalue weighted by Crippen LogP contribution is -2.25. The lowest BCUT2D eigenvalue weighted by Gasteiger charge is -2.05. The summed E-state index contributed by atoms with van der Waals surface area (Å²) in [7, 11) is 0. The third-order valence-electron chi connectivity index (χ3n) is 2.67. The van der Waals surface area contributed by atoms with E-state index in [0.29, 0.717) is 6.42 Å². The molecule has 3 heteroatoms. The van der Waals surface area contributed by atoms with Crippen LogP contribution in [0.1, 0.15) is 18.9 Å². The zero-order chi connectivity index (χ0) is 12.8. The molecule has 0 unspecified atom stereocenters. The lowest BCUT2D eigenvalue weighted by molar-refractivity contribution is -0.120. The minimum Gasteiger partial charge on any atom is -0.464 e. The molecule has 0 aliphatic rings. The topological polar surface area (TPSA) is 42.2 Å². The van der Waals surface area contributed by atoms with E-state index in [-0.39, 0.29) is 5.91 Å². The molecule has 0 radical (unpaired) electrons. The molecule has 18 heavy (non-hydrogen) atoms. The first kappa shape index (κ1) is 12.4. The molecule has 94 valence electrons. The van der Waals surface area contributed by atoms with Gasteiger partial charge >= 0.3 is 0 Å². The van der Waals surface area contributed by atoms with E-state index in [9.17, 15) is 4.79 Å². The van der Waals surface area contributed by atoms with Crippen LogP contribution in [0.4, 0.5) is 0 Å². The van der Waals surface area contributed by atoms with E-state index in [1.165, 1.54) is 0 Å². The standard InChI is InChI=1S/C15H17NO2/c1-2-8-16-15(17)11-12-5-3-6-13(10-12)14-7-4-9-18-14/h3-7,9-10H,2,8,11H2,1H3,(H,16,17). The summed E-state index contributed by atoms with van der Waals surface area (Å²) in [6, 6.07) is 11.6. The van der Waals surface area contributed by atoms with E-state index in [4.69, 9.17) is 4.42 Å². The Balaban J connectivity index is 2.06. The number of furan rings is 1. The van der Waals surface area contributed by atoms with Gasteiger partial charge in [0.15, 0.2) is 0 Å². The molecule has 1 aromatic heterocycles. The Labute approximate surface area is 107 Å². The fraction of sp³-hybridized carbons (Fsp3) is 0.267. The molecule has 3 nitrogen and oxygen atoms in total. The van der Waals surface area contributed by atoms with Crippen molar-refractivity contribution in [1.29, 1.82) is 0 Å². The molecule has 0 spiro atoms. The van der Waals surface area contributed by atoms with Gasteiger partial charge in [-0.1, -0.05) is 25.1 Å². The van der Waals surface area contributed by atoms with Crippen molar-refractivity contribution in [3.05, 3.63) is 48.2 Å². The number of benzene rings is 1. The maximum Gasteiger partial charge on any atom is 0.224 e. The molecular formula is C15H17NO2. The Morgan fingerprint density at radius 2 is 2.17 bits per heavy atom. The number of rotatable bonds is 5. The predicted molar refractivity (Wildman–Crippen MR) is 71.1 cm³/mol. The van der Waals surface area contributed by atoms with Gasteiger partial charge in [0.2, 0.25) is 5.91 Å². The lowest BCUT2D eigenvalue weighted by atomic mass is 10.1. The van der Waals surface area contributed by atoms with E-state index < -0.39 is 0 Å². The zero-order valence-electron chi connectivity index (χ0n) is 10.5. The van der Waals surface area contributed by atoms with Gasteiger partial charge in [-0.15, -0.1) is 0 Å². The van der Waals surface area contributed by atoms with E-state index in [2.05, 4.69) is 5.32 Å². The summed E-state index contributed by atoms with van der Waals surface area (Å²) in [5.74, 6) is 0.888. The number of carbonyl (C=O) groups excluding carboxylic acids is 1. The predicted octanol–water partition coefficient (Wildman–Crippen LogP) is 3.02. The normalized spacial score (nSPS) is 10.3. The monoisotopic (exact) mass is 243 g/mol. The Morgan fingerprint density at radius 1 is 1.28 bits per heavy atom. The quantitative estimate of drug-likeness (QED) is 0.877. The van der Waals surface area contributed by atoms with Crippen LogP contribution in [0.2, 0.25) is 0 Å². The van der Waals surface area contributed by atoms with Crippen LogP contribution in [0.5, 0.6) is 0 Å². The van der Waals surface area contributed by atoms with Crippen LogP contribution in [0, 0.1) is 0 Å². The van der Waals surface area contributed by atoms with Crippen LogP contribution in [0.25, 0.3) is 11.3 Å². The van der Waals surface area contributed by atoms with E-state index in [0.717, 1.165) is 29.9 Å². The van der Waals surface area contributed by atoms with Gasteiger partial charge in [0.05, 0.1) is 12.7 Å². The van der Waals surface area contributed by atoms with Gasteiger partial charge in [-0.25, -0.2) is 0 Å². The maximum atomic E-state index is 11.6. The summed E-state index contributed by atoms with van der Waals surface area (Å²) >= 11 is 0. The van der Waals surface area contributed by atoms with Gasteiger partial charge in [0.25, 0.3) is 0 Å². The second-order valence-electron chi connectivity index (χ2n) is 4.20. The zero-order valence-corrected chi connectivity index (χ0v) is 10.5. The fourth-order valence-electron chi connectivity index (χ4n) is 1.79. The number of nitrogens with one attached hydrogen (secondary N) is 1. The van der Waals surface area contributed by atoms with Gasteiger partial charge in [-0.2, -0.15) is 0 Å². The Kier molecular flexibility index (Phi) is 4.18. The molecule has 0 saturated carbocycles.